The molecule has 3 aromatic rings. The zero-order valence-corrected chi connectivity index (χ0v) is 17.3. The maximum absolute atomic E-state index is 12.7. The van der Waals surface area contributed by atoms with Crippen LogP contribution >= 0.6 is 11.6 Å². The Hall–Kier alpha value is -3.12. The molecule has 1 aliphatic rings. The third-order valence-electron chi connectivity index (χ3n) is 5.25. The predicted octanol–water partition coefficient (Wildman–Crippen LogP) is 4.19. The smallest absolute Gasteiger partial charge is 0.258 e. The Morgan fingerprint density at radius 3 is 2.57 bits per heavy atom. The summed E-state index contributed by atoms with van der Waals surface area (Å²) in [5.74, 6) is 0.158. The highest BCUT2D eigenvalue weighted by Crippen LogP contribution is 2.20. The summed E-state index contributed by atoms with van der Waals surface area (Å²) in [6.07, 6.45) is 7.00. The Morgan fingerprint density at radius 2 is 1.83 bits per heavy atom. The molecule has 30 heavy (non-hydrogen) atoms. The summed E-state index contributed by atoms with van der Waals surface area (Å²) in [7, 11) is 0. The highest BCUT2D eigenvalue weighted by molar-refractivity contribution is 6.31. The average molecular weight is 423 g/mol. The second kappa shape index (κ2) is 9.13. The Morgan fingerprint density at radius 1 is 1.03 bits per heavy atom. The van der Waals surface area contributed by atoms with Crippen molar-refractivity contribution in [3.8, 4) is 0 Å². The van der Waals surface area contributed by atoms with Crippen molar-refractivity contribution in [1.82, 2.24) is 9.55 Å². The van der Waals surface area contributed by atoms with Crippen molar-refractivity contribution in [2.75, 3.05) is 23.3 Å². The van der Waals surface area contributed by atoms with Gasteiger partial charge in [0.05, 0.1) is 24.0 Å². The average Bonchev–Trinajstić information content (AvgIpc) is 2.78. The molecule has 4 rings (SSSR count). The normalized spacial score (nSPS) is 13.8. The van der Waals surface area contributed by atoms with Gasteiger partial charge < -0.3 is 14.8 Å². The maximum Gasteiger partial charge on any atom is 0.258 e. The minimum Gasteiger partial charge on any atom is -0.370 e. The number of carbonyl (C=O) groups is 1. The van der Waals surface area contributed by atoms with Crippen molar-refractivity contribution in [3.63, 3.8) is 0 Å². The monoisotopic (exact) mass is 422 g/mol. The number of halogens is 1. The van der Waals surface area contributed by atoms with Crippen LogP contribution in [0, 0.1) is 0 Å². The van der Waals surface area contributed by atoms with Gasteiger partial charge >= 0.3 is 0 Å². The van der Waals surface area contributed by atoms with Gasteiger partial charge in [0.25, 0.3) is 11.5 Å². The Kier molecular flexibility index (Phi) is 6.14. The molecule has 1 saturated heterocycles. The van der Waals surface area contributed by atoms with Gasteiger partial charge in [0.2, 0.25) is 0 Å². The summed E-state index contributed by atoms with van der Waals surface area (Å²) < 4.78 is 1.48. The van der Waals surface area contributed by atoms with E-state index in [1.54, 1.807) is 18.5 Å². The van der Waals surface area contributed by atoms with Crippen molar-refractivity contribution in [1.29, 1.82) is 0 Å². The van der Waals surface area contributed by atoms with E-state index in [2.05, 4.69) is 15.2 Å². The fourth-order valence-corrected chi connectivity index (χ4v) is 3.78. The topological polar surface area (TPSA) is 67.2 Å². The molecular weight excluding hydrogens is 400 g/mol. The summed E-state index contributed by atoms with van der Waals surface area (Å²) in [6.45, 7) is 2.38. The number of hydrogen-bond acceptors (Lipinski definition) is 4. The standard InChI is InChI=1S/C23H23ClN4O2/c24-20-7-3-2-6-17(20)15-28-16-18(8-11-22(28)29)23(30)26-21-10-9-19(14-25-21)27-12-4-1-5-13-27/h2-3,6-11,14,16H,1,4-5,12-13,15H2,(H,25,26,30). The molecule has 1 aromatic carbocycles. The molecular formula is C23H23ClN4O2. The summed E-state index contributed by atoms with van der Waals surface area (Å²) in [5, 5.41) is 3.38. The molecule has 154 valence electrons. The Balaban J connectivity index is 1.47. The molecule has 0 radical (unpaired) electrons. The van der Waals surface area contributed by atoms with Crippen LogP contribution in [0.15, 0.2) is 65.7 Å². The van der Waals surface area contributed by atoms with Crippen LogP contribution in [-0.4, -0.2) is 28.5 Å². The molecule has 0 saturated carbocycles. The first-order chi connectivity index (χ1) is 14.6. The molecule has 1 fully saturated rings. The lowest BCUT2D eigenvalue weighted by atomic mass is 10.1. The number of benzene rings is 1. The zero-order valence-electron chi connectivity index (χ0n) is 16.6. The maximum atomic E-state index is 12.7. The largest absolute Gasteiger partial charge is 0.370 e. The van der Waals surface area contributed by atoms with Crippen LogP contribution in [0.5, 0.6) is 0 Å². The number of nitrogens with zero attached hydrogens (tertiary/aromatic N) is 3. The van der Waals surface area contributed by atoms with E-state index in [1.165, 1.54) is 36.0 Å². The van der Waals surface area contributed by atoms with Crippen LogP contribution in [-0.2, 0) is 6.54 Å². The van der Waals surface area contributed by atoms with Gasteiger partial charge in [-0.3, -0.25) is 9.59 Å². The molecule has 7 heteroatoms. The van der Waals surface area contributed by atoms with E-state index in [-0.39, 0.29) is 11.5 Å². The molecule has 0 bridgehead atoms. The third-order valence-corrected chi connectivity index (χ3v) is 5.62. The minimum absolute atomic E-state index is 0.199. The number of pyridine rings is 2. The van der Waals surface area contributed by atoms with E-state index in [0.717, 1.165) is 24.3 Å². The van der Waals surface area contributed by atoms with Crippen molar-refractivity contribution in [2.24, 2.45) is 0 Å². The quantitative estimate of drug-likeness (QED) is 0.669. The number of rotatable bonds is 5. The molecule has 1 amide bonds. The Bertz CT molecular complexity index is 1090. The molecule has 1 aliphatic heterocycles. The predicted molar refractivity (Wildman–Crippen MR) is 120 cm³/mol. The fourth-order valence-electron chi connectivity index (χ4n) is 3.59. The van der Waals surface area contributed by atoms with Crippen LogP contribution < -0.4 is 15.8 Å². The van der Waals surface area contributed by atoms with Gasteiger partial charge in [-0.1, -0.05) is 29.8 Å². The van der Waals surface area contributed by atoms with E-state index in [9.17, 15) is 9.59 Å². The summed E-state index contributed by atoms with van der Waals surface area (Å²) >= 11 is 6.20. The Labute approximate surface area is 180 Å². The first-order valence-electron chi connectivity index (χ1n) is 10.1. The van der Waals surface area contributed by atoms with Crippen LogP contribution in [0.25, 0.3) is 0 Å². The number of amides is 1. The number of anilines is 2. The number of nitrogens with one attached hydrogen (secondary N) is 1. The number of piperidine rings is 1. The third kappa shape index (κ3) is 4.71. The molecule has 0 aliphatic carbocycles. The highest BCUT2D eigenvalue weighted by atomic mass is 35.5. The molecule has 6 nitrogen and oxygen atoms in total. The van der Waals surface area contributed by atoms with E-state index in [4.69, 9.17) is 11.6 Å². The molecule has 0 unspecified atom stereocenters. The lowest BCUT2D eigenvalue weighted by Gasteiger charge is -2.28. The van der Waals surface area contributed by atoms with Crippen molar-refractivity contribution in [3.05, 3.63) is 87.4 Å². The van der Waals surface area contributed by atoms with Gasteiger partial charge in [-0.2, -0.15) is 0 Å². The van der Waals surface area contributed by atoms with Crippen molar-refractivity contribution in [2.45, 2.75) is 25.8 Å². The summed E-state index contributed by atoms with van der Waals surface area (Å²) in [4.78, 5) is 31.6. The molecule has 2 aromatic heterocycles. The molecule has 3 heterocycles. The van der Waals surface area contributed by atoms with Gasteiger partial charge in [0, 0.05) is 30.4 Å². The SMILES string of the molecule is O=C(Nc1ccc(N2CCCCC2)cn1)c1ccc(=O)n(Cc2ccccc2Cl)c1. The van der Waals surface area contributed by atoms with Gasteiger partial charge in [-0.15, -0.1) is 0 Å². The van der Waals surface area contributed by atoms with Crippen LogP contribution in [0.3, 0.4) is 0 Å². The second-order valence-electron chi connectivity index (χ2n) is 7.38. The van der Waals surface area contributed by atoms with Gasteiger partial charge in [0.15, 0.2) is 0 Å². The van der Waals surface area contributed by atoms with Gasteiger partial charge in [-0.25, -0.2) is 4.98 Å². The van der Waals surface area contributed by atoms with Gasteiger partial charge in [-0.05, 0) is 49.1 Å². The lowest BCUT2D eigenvalue weighted by molar-refractivity contribution is 0.102. The summed E-state index contributed by atoms with van der Waals surface area (Å²) in [5.41, 5.74) is 2.06. The second-order valence-corrected chi connectivity index (χ2v) is 7.79. The first-order valence-corrected chi connectivity index (χ1v) is 10.4. The molecule has 1 N–H and O–H groups in total. The highest BCUT2D eigenvalue weighted by Gasteiger charge is 2.13. The van der Waals surface area contributed by atoms with Crippen LogP contribution in [0.2, 0.25) is 5.02 Å². The first kappa shape index (κ1) is 20.2. The lowest BCUT2D eigenvalue weighted by Crippen LogP contribution is -2.29. The number of hydrogen-bond donors (Lipinski definition) is 1. The van der Waals surface area contributed by atoms with Crippen LogP contribution in [0.1, 0.15) is 35.2 Å². The van der Waals surface area contributed by atoms with Gasteiger partial charge in [0.1, 0.15) is 5.82 Å². The number of carbonyl (C=O) groups excluding carboxylic acids is 1. The molecule has 0 atom stereocenters. The zero-order chi connectivity index (χ0) is 20.9. The molecule has 0 spiro atoms. The van der Waals surface area contributed by atoms with Crippen LogP contribution in [0.4, 0.5) is 11.5 Å². The van der Waals surface area contributed by atoms with E-state index >= 15 is 0 Å². The van der Waals surface area contributed by atoms with E-state index < -0.39 is 0 Å². The van der Waals surface area contributed by atoms with Crippen molar-refractivity contribution < 1.29 is 4.79 Å². The fraction of sp³-hybridized carbons (Fsp3) is 0.261. The van der Waals surface area contributed by atoms with E-state index in [1.807, 2.05) is 30.3 Å². The van der Waals surface area contributed by atoms with Crippen molar-refractivity contribution >= 4 is 29.0 Å². The summed E-state index contributed by atoms with van der Waals surface area (Å²) in [6, 6.07) is 14.0. The van der Waals surface area contributed by atoms with E-state index in [0.29, 0.717) is 22.9 Å². The number of aromatic nitrogens is 2. The minimum atomic E-state index is -0.318.